The summed E-state index contributed by atoms with van der Waals surface area (Å²) in [4.78, 5) is 24.7. The van der Waals surface area contributed by atoms with Crippen LogP contribution in [0.4, 0.5) is 0 Å². The molecule has 0 bridgehead atoms. The summed E-state index contributed by atoms with van der Waals surface area (Å²) >= 11 is 0. The fourth-order valence-corrected chi connectivity index (χ4v) is 2.25. The zero-order valence-corrected chi connectivity index (χ0v) is 11.5. The highest BCUT2D eigenvalue weighted by molar-refractivity contribution is 5.82. The number of nitrogens with zero attached hydrogens (tertiary/aromatic N) is 1. The average molecular weight is 256 g/mol. The van der Waals surface area contributed by atoms with Crippen LogP contribution in [0.3, 0.4) is 0 Å². The Kier molecular flexibility index (Phi) is 4.73. The van der Waals surface area contributed by atoms with Gasteiger partial charge in [-0.3, -0.25) is 9.59 Å². The number of hydrogen-bond acceptors (Lipinski definition) is 3. The standard InChI is InChI=1S/C13H24N2O3/c1-13(2,3)11(14)12(18)15-6-4-5-9(8-15)7-10(16)17/h9,11H,4-8,14H2,1-3H3,(H,16,17)/t9?,11-/m1/s1. The number of likely N-dealkylation sites (tertiary alicyclic amines) is 1. The molecule has 1 unspecified atom stereocenters. The molecule has 1 aliphatic rings. The van der Waals surface area contributed by atoms with Gasteiger partial charge in [-0.05, 0) is 24.2 Å². The Morgan fingerprint density at radius 2 is 2.06 bits per heavy atom. The van der Waals surface area contributed by atoms with Gasteiger partial charge >= 0.3 is 5.97 Å². The van der Waals surface area contributed by atoms with Crippen molar-refractivity contribution in [3.63, 3.8) is 0 Å². The number of rotatable bonds is 3. The van der Waals surface area contributed by atoms with Crippen LogP contribution >= 0.6 is 0 Å². The number of nitrogens with two attached hydrogens (primary N) is 1. The lowest BCUT2D eigenvalue weighted by atomic mass is 9.85. The van der Waals surface area contributed by atoms with Gasteiger partial charge in [0.05, 0.1) is 6.04 Å². The molecule has 5 nitrogen and oxygen atoms in total. The Bertz CT molecular complexity index is 323. The van der Waals surface area contributed by atoms with E-state index in [1.807, 2.05) is 20.8 Å². The molecule has 0 saturated carbocycles. The van der Waals surface area contributed by atoms with E-state index in [4.69, 9.17) is 10.8 Å². The van der Waals surface area contributed by atoms with Crippen molar-refractivity contribution >= 4 is 11.9 Å². The monoisotopic (exact) mass is 256 g/mol. The molecule has 104 valence electrons. The van der Waals surface area contributed by atoms with Gasteiger partial charge in [0.15, 0.2) is 0 Å². The van der Waals surface area contributed by atoms with E-state index in [1.54, 1.807) is 4.90 Å². The van der Waals surface area contributed by atoms with Crippen LogP contribution in [-0.2, 0) is 9.59 Å². The lowest BCUT2D eigenvalue weighted by molar-refractivity contribution is -0.142. The smallest absolute Gasteiger partial charge is 0.303 e. The molecule has 1 rings (SSSR count). The molecule has 1 fully saturated rings. The predicted octanol–water partition coefficient (Wildman–Crippen LogP) is 1.07. The van der Waals surface area contributed by atoms with Crippen molar-refractivity contribution in [3.05, 3.63) is 0 Å². The maximum atomic E-state index is 12.2. The lowest BCUT2D eigenvalue weighted by Gasteiger charge is -2.36. The fraction of sp³-hybridized carbons (Fsp3) is 0.846. The topological polar surface area (TPSA) is 83.6 Å². The van der Waals surface area contributed by atoms with Gasteiger partial charge < -0.3 is 15.7 Å². The first-order valence-electron chi connectivity index (χ1n) is 6.48. The van der Waals surface area contributed by atoms with Crippen molar-refractivity contribution in [2.75, 3.05) is 13.1 Å². The number of piperidine rings is 1. The number of aliphatic carboxylic acids is 1. The van der Waals surface area contributed by atoms with E-state index in [-0.39, 0.29) is 23.7 Å². The Labute approximate surface area is 108 Å². The molecule has 18 heavy (non-hydrogen) atoms. The summed E-state index contributed by atoms with van der Waals surface area (Å²) in [6.07, 6.45) is 1.87. The highest BCUT2D eigenvalue weighted by Crippen LogP contribution is 2.24. The fourth-order valence-electron chi connectivity index (χ4n) is 2.25. The van der Waals surface area contributed by atoms with Crippen molar-refractivity contribution in [3.8, 4) is 0 Å². The summed E-state index contributed by atoms with van der Waals surface area (Å²) < 4.78 is 0. The zero-order chi connectivity index (χ0) is 13.9. The zero-order valence-electron chi connectivity index (χ0n) is 11.5. The number of hydrogen-bond donors (Lipinski definition) is 2. The minimum Gasteiger partial charge on any atom is -0.481 e. The second-order valence-corrected chi connectivity index (χ2v) is 6.23. The average Bonchev–Trinajstić information content (AvgIpc) is 2.25. The van der Waals surface area contributed by atoms with Crippen LogP contribution in [0.5, 0.6) is 0 Å². The molecule has 5 heteroatoms. The van der Waals surface area contributed by atoms with Crippen molar-refractivity contribution in [1.29, 1.82) is 0 Å². The van der Waals surface area contributed by atoms with Crippen LogP contribution in [0.1, 0.15) is 40.0 Å². The molecule has 2 atom stereocenters. The Morgan fingerprint density at radius 1 is 1.44 bits per heavy atom. The largest absolute Gasteiger partial charge is 0.481 e. The van der Waals surface area contributed by atoms with Crippen molar-refractivity contribution in [2.24, 2.45) is 17.1 Å². The third kappa shape index (κ3) is 3.98. The minimum absolute atomic E-state index is 0.0578. The molecule has 0 aromatic heterocycles. The molecule has 1 heterocycles. The third-order valence-corrected chi connectivity index (χ3v) is 3.49. The number of carboxylic acids is 1. The normalized spacial score (nSPS) is 22.7. The molecule has 0 aromatic rings. The van der Waals surface area contributed by atoms with Gasteiger partial charge in [0, 0.05) is 19.5 Å². The third-order valence-electron chi connectivity index (χ3n) is 3.49. The molecule has 0 aliphatic carbocycles. The molecule has 1 aliphatic heterocycles. The summed E-state index contributed by atoms with van der Waals surface area (Å²) in [5.41, 5.74) is 5.70. The summed E-state index contributed by atoms with van der Waals surface area (Å²) in [6.45, 7) is 7.03. The molecule has 1 amide bonds. The van der Waals surface area contributed by atoms with Gasteiger partial charge in [-0.1, -0.05) is 20.8 Å². The maximum absolute atomic E-state index is 12.2. The van der Waals surface area contributed by atoms with Crippen LogP contribution in [-0.4, -0.2) is 41.0 Å². The van der Waals surface area contributed by atoms with E-state index < -0.39 is 12.0 Å². The van der Waals surface area contributed by atoms with Gasteiger partial charge in [-0.15, -0.1) is 0 Å². The first-order chi connectivity index (χ1) is 8.21. The molecular weight excluding hydrogens is 232 g/mol. The second-order valence-electron chi connectivity index (χ2n) is 6.23. The van der Waals surface area contributed by atoms with Gasteiger partial charge in [0.1, 0.15) is 0 Å². The van der Waals surface area contributed by atoms with Crippen LogP contribution in [0, 0.1) is 11.3 Å². The van der Waals surface area contributed by atoms with Crippen LogP contribution < -0.4 is 5.73 Å². The molecule has 0 spiro atoms. The van der Waals surface area contributed by atoms with E-state index in [2.05, 4.69) is 0 Å². The Hall–Kier alpha value is -1.10. The van der Waals surface area contributed by atoms with Crippen molar-refractivity contribution in [2.45, 2.75) is 46.1 Å². The van der Waals surface area contributed by atoms with E-state index in [0.29, 0.717) is 13.1 Å². The first kappa shape index (κ1) is 15.0. The Balaban J connectivity index is 2.61. The second kappa shape index (κ2) is 5.69. The number of carboxylic acid groups (broad SMARTS) is 1. The van der Waals surface area contributed by atoms with E-state index >= 15 is 0 Å². The highest BCUT2D eigenvalue weighted by Gasteiger charge is 2.33. The maximum Gasteiger partial charge on any atom is 0.303 e. The molecule has 1 saturated heterocycles. The highest BCUT2D eigenvalue weighted by atomic mass is 16.4. The Morgan fingerprint density at radius 3 is 2.56 bits per heavy atom. The molecule has 3 N–H and O–H groups in total. The lowest BCUT2D eigenvalue weighted by Crippen LogP contribution is -2.53. The van der Waals surface area contributed by atoms with Crippen molar-refractivity contribution < 1.29 is 14.7 Å². The van der Waals surface area contributed by atoms with Crippen LogP contribution in [0.15, 0.2) is 0 Å². The molecule has 0 radical (unpaired) electrons. The summed E-state index contributed by atoms with van der Waals surface area (Å²) in [7, 11) is 0. The quantitative estimate of drug-likeness (QED) is 0.791. The van der Waals surface area contributed by atoms with Gasteiger partial charge in [0.2, 0.25) is 5.91 Å². The predicted molar refractivity (Wildman–Crippen MR) is 69.0 cm³/mol. The number of carbonyl (C=O) groups excluding carboxylic acids is 1. The number of carbonyl (C=O) groups is 2. The number of amides is 1. The van der Waals surface area contributed by atoms with Crippen LogP contribution in [0.25, 0.3) is 0 Å². The summed E-state index contributed by atoms with van der Waals surface area (Å²) in [6, 6.07) is -0.527. The molecule has 0 aromatic carbocycles. The van der Waals surface area contributed by atoms with E-state index in [1.165, 1.54) is 0 Å². The van der Waals surface area contributed by atoms with Gasteiger partial charge in [0.25, 0.3) is 0 Å². The summed E-state index contributed by atoms with van der Waals surface area (Å²) in [5, 5.41) is 8.80. The van der Waals surface area contributed by atoms with E-state index in [9.17, 15) is 9.59 Å². The van der Waals surface area contributed by atoms with E-state index in [0.717, 1.165) is 12.8 Å². The van der Waals surface area contributed by atoms with Gasteiger partial charge in [-0.2, -0.15) is 0 Å². The summed E-state index contributed by atoms with van der Waals surface area (Å²) in [5.74, 6) is -0.792. The minimum atomic E-state index is -0.797. The SMILES string of the molecule is CC(C)(C)[C@H](N)C(=O)N1CCCC(CC(=O)O)C1. The van der Waals surface area contributed by atoms with Gasteiger partial charge in [-0.25, -0.2) is 0 Å². The van der Waals surface area contributed by atoms with Crippen molar-refractivity contribution in [1.82, 2.24) is 4.90 Å². The van der Waals surface area contributed by atoms with Crippen LogP contribution in [0.2, 0.25) is 0 Å². The molecular formula is C13H24N2O3. The first-order valence-corrected chi connectivity index (χ1v) is 6.48.